The van der Waals surface area contributed by atoms with Crippen LogP contribution in [-0.4, -0.2) is 21.0 Å². The molecule has 0 heterocycles. The van der Waals surface area contributed by atoms with Crippen molar-refractivity contribution in [1.82, 2.24) is 5.48 Å². The van der Waals surface area contributed by atoms with Gasteiger partial charge in [0.05, 0.1) is 6.61 Å². The van der Waals surface area contributed by atoms with Crippen molar-refractivity contribution in [2.75, 3.05) is 11.0 Å². The Hall–Kier alpha value is 1.38. The van der Waals surface area contributed by atoms with E-state index in [1.165, 1.54) is 17.3 Å². The summed E-state index contributed by atoms with van der Waals surface area (Å²) in [4.78, 5) is 5.12. The largest absolute Gasteiger partial charge is 0.302 e. The summed E-state index contributed by atoms with van der Waals surface area (Å²) in [6.45, 7) is 4.89. The number of alkyl halides is 2. The average Bonchev–Trinajstić information content (AvgIpc) is 2.01. The summed E-state index contributed by atoms with van der Waals surface area (Å²) in [7, 11) is 0. The van der Waals surface area contributed by atoms with Crippen molar-refractivity contribution in [3.05, 3.63) is 0 Å². The lowest BCUT2D eigenvalue weighted by atomic mass is 10.1. The van der Waals surface area contributed by atoms with Crippen LogP contribution in [0.1, 0.15) is 26.7 Å². The fourth-order valence-electron chi connectivity index (χ4n) is 0.894. The number of hydroxylamine groups is 1. The first-order chi connectivity index (χ1) is 5.70. The van der Waals surface area contributed by atoms with Crippen molar-refractivity contribution in [3.8, 4) is 0 Å². The van der Waals surface area contributed by atoms with Crippen molar-refractivity contribution in [2.45, 2.75) is 36.7 Å². The Kier molecular flexibility index (Phi) is 9.99. The molecule has 2 atom stereocenters. The summed E-state index contributed by atoms with van der Waals surface area (Å²) < 4.78 is 2.01. The van der Waals surface area contributed by atoms with E-state index >= 15 is 0 Å². The number of hydrogen-bond donors (Lipinski definition) is 1. The van der Waals surface area contributed by atoms with Crippen LogP contribution < -0.4 is 5.48 Å². The molecule has 2 nitrogen and oxygen atoms in total. The molecule has 2 unspecified atom stereocenters. The Morgan fingerprint density at radius 2 is 2.17 bits per heavy atom. The van der Waals surface area contributed by atoms with E-state index in [0.717, 1.165) is 10.5 Å². The predicted molar refractivity (Wildman–Crippen MR) is 70.2 cm³/mol. The maximum Gasteiger partial charge on any atom is 0.0654 e. The molecule has 0 bridgehead atoms. The standard InChI is InChI=1S/C8H17I2NO/c1-3-12-11-7(2)6-8(10)4-5-9/h7-8,11H,3-6H2,1-2H3. The molecular formula is C8H17I2NO. The highest BCUT2D eigenvalue weighted by Gasteiger charge is 2.08. The molecule has 0 aromatic heterocycles. The second kappa shape index (κ2) is 8.96. The Morgan fingerprint density at radius 1 is 1.50 bits per heavy atom. The highest BCUT2D eigenvalue weighted by molar-refractivity contribution is 14.1. The molecule has 0 spiro atoms. The second-order valence-electron chi connectivity index (χ2n) is 2.76. The first kappa shape index (κ1) is 13.4. The van der Waals surface area contributed by atoms with E-state index < -0.39 is 0 Å². The molecule has 12 heavy (non-hydrogen) atoms. The van der Waals surface area contributed by atoms with Crippen LogP contribution in [0.25, 0.3) is 0 Å². The zero-order chi connectivity index (χ0) is 9.40. The van der Waals surface area contributed by atoms with E-state index in [0.29, 0.717) is 6.04 Å². The molecule has 74 valence electrons. The van der Waals surface area contributed by atoms with Crippen LogP contribution in [0, 0.1) is 0 Å². The summed E-state index contributed by atoms with van der Waals surface area (Å²) in [6.07, 6.45) is 2.48. The lowest BCUT2D eigenvalue weighted by molar-refractivity contribution is 0.0271. The van der Waals surface area contributed by atoms with Gasteiger partial charge in [-0.25, -0.2) is 0 Å². The number of hydrogen-bond acceptors (Lipinski definition) is 2. The summed E-state index contributed by atoms with van der Waals surface area (Å²) in [6, 6.07) is 0.467. The molecule has 0 amide bonds. The van der Waals surface area contributed by atoms with E-state index in [1.54, 1.807) is 0 Å². The Morgan fingerprint density at radius 3 is 2.67 bits per heavy atom. The van der Waals surface area contributed by atoms with Gasteiger partial charge in [-0.2, -0.15) is 5.48 Å². The van der Waals surface area contributed by atoms with Crippen LogP contribution in [0.3, 0.4) is 0 Å². The zero-order valence-corrected chi connectivity index (χ0v) is 12.0. The van der Waals surface area contributed by atoms with Crippen molar-refractivity contribution in [3.63, 3.8) is 0 Å². The smallest absolute Gasteiger partial charge is 0.0654 e. The van der Waals surface area contributed by atoms with Gasteiger partial charge in [0.1, 0.15) is 0 Å². The maximum absolute atomic E-state index is 5.12. The lowest BCUT2D eigenvalue weighted by Gasteiger charge is -2.15. The summed E-state index contributed by atoms with van der Waals surface area (Å²) in [5.41, 5.74) is 3.01. The molecule has 0 aliphatic carbocycles. The van der Waals surface area contributed by atoms with E-state index in [-0.39, 0.29) is 0 Å². The van der Waals surface area contributed by atoms with Gasteiger partial charge in [0.15, 0.2) is 0 Å². The SMILES string of the molecule is CCONC(C)CC(I)CCI. The summed E-state index contributed by atoms with van der Waals surface area (Å²) in [5, 5.41) is 0. The second-order valence-corrected chi connectivity index (χ2v) is 5.60. The maximum atomic E-state index is 5.12. The number of nitrogens with one attached hydrogen (secondary N) is 1. The van der Waals surface area contributed by atoms with Gasteiger partial charge in [-0.1, -0.05) is 45.2 Å². The summed E-state index contributed by atoms with van der Waals surface area (Å²) in [5.74, 6) is 0. The molecule has 0 fully saturated rings. The zero-order valence-electron chi connectivity index (χ0n) is 7.65. The van der Waals surface area contributed by atoms with E-state index in [4.69, 9.17) is 4.84 Å². The molecular weight excluding hydrogens is 380 g/mol. The lowest BCUT2D eigenvalue weighted by Crippen LogP contribution is -2.28. The average molecular weight is 397 g/mol. The van der Waals surface area contributed by atoms with Gasteiger partial charge >= 0.3 is 0 Å². The van der Waals surface area contributed by atoms with Gasteiger partial charge < -0.3 is 4.84 Å². The fraction of sp³-hybridized carbons (Fsp3) is 1.00. The first-order valence-electron chi connectivity index (χ1n) is 4.28. The third-order valence-electron chi connectivity index (χ3n) is 1.46. The number of halogens is 2. The van der Waals surface area contributed by atoms with E-state index in [9.17, 15) is 0 Å². The molecule has 0 saturated carbocycles. The van der Waals surface area contributed by atoms with Gasteiger partial charge in [-0.05, 0) is 26.7 Å². The molecule has 0 aliphatic rings. The van der Waals surface area contributed by atoms with Crippen LogP contribution in [0.15, 0.2) is 0 Å². The third-order valence-corrected chi connectivity index (χ3v) is 3.21. The highest BCUT2D eigenvalue weighted by atomic mass is 127. The van der Waals surface area contributed by atoms with Gasteiger partial charge in [0, 0.05) is 14.4 Å². The first-order valence-corrected chi connectivity index (χ1v) is 7.05. The normalized spacial score (nSPS) is 16.0. The fourth-order valence-corrected chi connectivity index (χ4v) is 3.91. The minimum absolute atomic E-state index is 0.467. The quantitative estimate of drug-likeness (QED) is 0.406. The summed E-state index contributed by atoms with van der Waals surface area (Å²) >= 11 is 4.93. The highest BCUT2D eigenvalue weighted by Crippen LogP contribution is 2.14. The Balaban J connectivity index is 3.33. The molecule has 0 aromatic rings. The minimum Gasteiger partial charge on any atom is -0.302 e. The van der Waals surface area contributed by atoms with Crippen molar-refractivity contribution >= 4 is 45.2 Å². The molecule has 0 saturated heterocycles. The number of rotatable bonds is 7. The molecule has 4 heteroatoms. The van der Waals surface area contributed by atoms with Gasteiger partial charge in [0.2, 0.25) is 0 Å². The third kappa shape index (κ3) is 8.00. The van der Waals surface area contributed by atoms with Crippen molar-refractivity contribution in [2.24, 2.45) is 0 Å². The topological polar surface area (TPSA) is 21.3 Å². The van der Waals surface area contributed by atoms with Crippen LogP contribution in [0.5, 0.6) is 0 Å². The van der Waals surface area contributed by atoms with Crippen LogP contribution >= 0.6 is 45.2 Å². The van der Waals surface area contributed by atoms with Crippen LogP contribution in [-0.2, 0) is 4.84 Å². The van der Waals surface area contributed by atoms with Crippen molar-refractivity contribution in [1.29, 1.82) is 0 Å². The minimum atomic E-state index is 0.467. The van der Waals surface area contributed by atoms with Crippen LogP contribution in [0.2, 0.25) is 0 Å². The molecule has 0 aromatic carbocycles. The van der Waals surface area contributed by atoms with Gasteiger partial charge in [0.25, 0.3) is 0 Å². The van der Waals surface area contributed by atoms with Crippen LogP contribution in [0.4, 0.5) is 0 Å². The monoisotopic (exact) mass is 397 g/mol. The van der Waals surface area contributed by atoms with Gasteiger partial charge in [-0.3, -0.25) is 0 Å². The van der Waals surface area contributed by atoms with E-state index in [1.807, 2.05) is 6.92 Å². The van der Waals surface area contributed by atoms with Gasteiger partial charge in [-0.15, -0.1) is 0 Å². The van der Waals surface area contributed by atoms with E-state index in [2.05, 4.69) is 57.6 Å². The molecule has 0 rings (SSSR count). The molecule has 0 aliphatic heterocycles. The van der Waals surface area contributed by atoms with Crippen molar-refractivity contribution < 1.29 is 4.84 Å². The molecule has 1 N–H and O–H groups in total. The Bertz CT molecular complexity index is 103. The Labute approximate surface area is 102 Å². The predicted octanol–water partition coefficient (Wildman–Crippen LogP) is 2.93. The molecule has 0 radical (unpaired) electrons.